The fourth-order valence-corrected chi connectivity index (χ4v) is 9.56. The number of benzene rings is 8. The van der Waals surface area contributed by atoms with E-state index in [1.54, 1.807) is 97.1 Å². The third kappa shape index (κ3) is 7.10. The molecule has 0 saturated carbocycles. The van der Waals surface area contributed by atoms with Crippen molar-refractivity contribution in [2.45, 2.75) is 19.6 Å². The summed E-state index contributed by atoms with van der Waals surface area (Å²) in [5, 5.41) is 3.83. The first-order valence-corrected chi connectivity index (χ1v) is 21.8. The van der Waals surface area contributed by atoms with Crippen molar-refractivity contribution in [2.24, 2.45) is 0 Å². The van der Waals surface area contributed by atoms with Crippen LogP contribution in [0.3, 0.4) is 0 Å². The van der Waals surface area contributed by atoms with Gasteiger partial charge in [0.2, 0.25) is 19.7 Å². The highest BCUT2D eigenvalue weighted by Gasteiger charge is 2.22. The standard InChI is InChI=1S/C44H28I2O6S2/c45-31-11-19-35(20-12-31)53(47,48)37-23-15-33(16-24-37)51-41-27-9-29-5-1-3-7-39(29)43(41)44-40-8-4-2-6-30(40)10-28-42(44)52-34-17-25-38(26-18-34)54(49,50)36-21-13-32(46)14-22-36/h1-28H. The van der Waals surface area contributed by atoms with E-state index in [4.69, 9.17) is 9.47 Å². The molecule has 0 radical (unpaired) electrons. The Labute approximate surface area is 340 Å². The molecule has 0 unspecified atom stereocenters. The molecular weight excluding hydrogens is 942 g/mol. The Balaban J connectivity index is 1.20. The number of fused-ring (bicyclic) bond motifs is 2. The molecule has 0 heterocycles. The Bertz CT molecular complexity index is 2690. The summed E-state index contributed by atoms with van der Waals surface area (Å²) in [5.74, 6) is 2.01. The molecule has 8 aromatic rings. The molecule has 266 valence electrons. The van der Waals surface area contributed by atoms with Crippen molar-refractivity contribution in [3.05, 3.63) is 177 Å². The van der Waals surface area contributed by atoms with Gasteiger partial charge in [-0.2, -0.15) is 0 Å². The molecule has 8 rings (SSSR count). The fraction of sp³-hybridized carbons (Fsp3) is 0. The molecule has 0 aliphatic rings. The van der Waals surface area contributed by atoms with Gasteiger partial charge in [-0.1, -0.05) is 60.7 Å². The van der Waals surface area contributed by atoms with Crippen LogP contribution in [0.25, 0.3) is 32.7 Å². The average Bonchev–Trinajstić information content (AvgIpc) is 3.19. The van der Waals surface area contributed by atoms with E-state index < -0.39 is 19.7 Å². The summed E-state index contributed by atoms with van der Waals surface area (Å²) in [6.07, 6.45) is 0. The zero-order chi connectivity index (χ0) is 37.5. The van der Waals surface area contributed by atoms with E-state index in [9.17, 15) is 16.8 Å². The van der Waals surface area contributed by atoms with Gasteiger partial charge in [0.15, 0.2) is 0 Å². The number of hydrogen-bond donors (Lipinski definition) is 0. The van der Waals surface area contributed by atoms with Crippen LogP contribution in [0.4, 0.5) is 0 Å². The Hall–Kier alpha value is -4.76. The summed E-state index contributed by atoms with van der Waals surface area (Å²) >= 11 is 4.29. The molecule has 0 aliphatic carbocycles. The lowest BCUT2D eigenvalue weighted by Gasteiger charge is -2.20. The van der Waals surface area contributed by atoms with Crippen molar-refractivity contribution in [1.82, 2.24) is 0 Å². The van der Waals surface area contributed by atoms with Crippen molar-refractivity contribution < 1.29 is 26.3 Å². The molecular formula is C44H28I2O6S2. The van der Waals surface area contributed by atoms with Gasteiger partial charge in [-0.3, -0.25) is 0 Å². The first-order valence-electron chi connectivity index (χ1n) is 16.7. The average molecular weight is 971 g/mol. The van der Waals surface area contributed by atoms with Gasteiger partial charge >= 0.3 is 0 Å². The normalized spacial score (nSPS) is 11.8. The van der Waals surface area contributed by atoms with Crippen LogP contribution < -0.4 is 9.47 Å². The topological polar surface area (TPSA) is 86.7 Å². The molecule has 0 aliphatic heterocycles. The molecule has 0 aromatic heterocycles. The molecule has 0 spiro atoms. The second-order valence-electron chi connectivity index (χ2n) is 12.4. The second kappa shape index (κ2) is 14.8. The van der Waals surface area contributed by atoms with E-state index >= 15 is 0 Å². The van der Waals surface area contributed by atoms with E-state index in [0.717, 1.165) is 39.8 Å². The maximum Gasteiger partial charge on any atom is 0.206 e. The molecule has 54 heavy (non-hydrogen) atoms. The highest BCUT2D eigenvalue weighted by molar-refractivity contribution is 14.1. The first-order chi connectivity index (χ1) is 26.1. The molecule has 0 amide bonds. The quantitative estimate of drug-likeness (QED) is 0.134. The van der Waals surface area contributed by atoms with E-state index in [-0.39, 0.29) is 19.6 Å². The van der Waals surface area contributed by atoms with Crippen LogP contribution in [0.15, 0.2) is 189 Å². The second-order valence-corrected chi connectivity index (χ2v) is 18.8. The Morgan fingerprint density at radius 3 is 1.02 bits per heavy atom. The van der Waals surface area contributed by atoms with Gasteiger partial charge in [-0.05, 0) is 176 Å². The molecule has 0 saturated heterocycles. The molecule has 0 atom stereocenters. The number of ether oxygens (including phenoxy) is 2. The lowest BCUT2D eigenvalue weighted by Crippen LogP contribution is -2.02. The van der Waals surface area contributed by atoms with Crippen molar-refractivity contribution in [1.29, 1.82) is 0 Å². The minimum Gasteiger partial charge on any atom is -0.457 e. The maximum absolute atomic E-state index is 13.4. The Morgan fingerprint density at radius 1 is 0.352 bits per heavy atom. The Kier molecular flexibility index (Phi) is 9.94. The number of sulfone groups is 2. The minimum atomic E-state index is -3.72. The van der Waals surface area contributed by atoms with Gasteiger partial charge in [0.05, 0.1) is 19.6 Å². The summed E-state index contributed by atoms with van der Waals surface area (Å²) < 4.78 is 68.6. The van der Waals surface area contributed by atoms with Gasteiger partial charge in [0.1, 0.15) is 23.0 Å². The summed E-state index contributed by atoms with van der Waals surface area (Å²) in [4.78, 5) is 0.770. The first kappa shape index (κ1) is 36.2. The van der Waals surface area contributed by atoms with E-state index in [1.165, 1.54) is 0 Å². The predicted molar refractivity (Wildman–Crippen MR) is 229 cm³/mol. The van der Waals surface area contributed by atoms with E-state index in [1.807, 2.05) is 72.8 Å². The molecule has 8 aromatic carbocycles. The van der Waals surface area contributed by atoms with E-state index in [0.29, 0.717) is 23.0 Å². The van der Waals surface area contributed by atoms with Crippen LogP contribution >= 0.6 is 45.2 Å². The Morgan fingerprint density at radius 2 is 0.667 bits per heavy atom. The summed E-state index contributed by atoms with van der Waals surface area (Å²) in [6.45, 7) is 0. The maximum atomic E-state index is 13.4. The summed E-state index contributed by atoms with van der Waals surface area (Å²) in [7, 11) is -7.44. The van der Waals surface area contributed by atoms with Crippen molar-refractivity contribution in [2.75, 3.05) is 0 Å². The lowest BCUT2D eigenvalue weighted by molar-refractivity contribution is 0.478. The van der Waals surface area contributed by atoms with Gasteiger partial charge in [0, 0.05) is 18.3 Å². The van der Waals surface area contributed by atoms with Crippen LogP contribution in [0, 0.1) is 7.14 Å². The zero-order valence-electron chi connectivity index (χ0n) is 28.2. The monoisotopic (exact) mass is 970 g/mol. The number of rotatable bonds is 9. The van der Waals surface area contributed by atoms with Gasteiger partial charge in [-0.25, -0.2) is 16.8 Å². The highest BCUT2D eigenvalue weighted by Crippen LogP contribution is 2.47. The molecule has 10 heteroatoms. The molecule has 0 N–H and O–H groups in total. The van der Waals surface area contributed by atoms with Crippen LogP contribution in [0.5, 0.6) is 23.0 Å². The third-order valence-electron chi connectivity index (χ3n) is 9.00. The predicted octanol–water partition coefficient (Wildman–Crippen LogP) is 12.1. The number of halogens is 2. The largest absolute Gasteiger partial charge is 0.457 e. The third-order valence-corrected chi connectivity index (χ3v) is 14.0. The molecule has 0 fully saturated rings. The van der Waals surface area contributed by atoms with Crippen molar-refractivity contribution in [3.63, 3.8) is 0 Å². The lowest BCUT2D eigenvalue weighted by atomic mass is 9.92. The minimum absolute atomic E-state index is 0.164. The molecule has 0 bridgehead atoms. The highest BCUT2D eigenvalue weighted by atomic mass is 127. The van der Waals surface area contributed by atoms with Crippen molar-refractivity contribution in [3.8, 4) is 34.1 Å². The van der Waals surface area contributed by atoms with Crippen LogP contribution in [0.2, 0.25) is 0 Å². The van der Waals surface area contributed by atoms with Crippen LogP contribution in [-0.2, 0) is 19.7 Å². The molecule has 6 nitrogen and oxygen atoms in total. The van der Waals surface area contributed by atoms with Crippen molar-refractivity contribution >= 4 is 86.4 Å². The van der Waals surface area contributed by atoms with Crippen LogP contribution in [0.1, 0.15) is 0 Å². The summed E-state index contributed by atoms with van der Waals surface area (Å²) in [6, 6.07) is 50.2. The summed E-state index contributed by atoms with van der Waals surface area (Å²) in [5.41, 5.74) is 1.57. The van der Waals surface area contributed by atoms with Crippen LogP contribution in [-0.4, -0.2) is 16.8 Å². The zero-order valence-corrected chi connectivity index (χ0v) is 34.1. The SMILES string of the molecule is O=S(=O)(c1ccc(I)cc1)c1ccc(Oc2ccc3ccccc3c2-c2c(Oc3ccc(S(=O)(=O)c4ccc(I)cc4)cc3)ccc3ccccc23)cc1. The fourth-order valence-electron chi connectivity index (χ4n) is 6.32. The number of hydrogen-bond acceptors (Lipinski definition) is 6. The smallest absolute Gasteiger partial charge is 0.206 e. The van der Waals surface area contributed by atoms with E-state index in [2.05, 4.69) is 45.2 Å². The van der Waals surface area contributed by atoms with Gasteiger partial charge < -0.3 is 9.47 Å². The van der Waals surface area contributed by atoms with Gasteiger partial charge in [0.25, 0.3) is 0 Å². The van der Waals surface area contributed by atoms with Gasteiger partial charge in [-0.15, -0.1) is 0 Å².